The van der Waals surface area contributed by atoms with E-state index in [1.165, 1.54) is 0 Å². The van der Waals surface area contributed by atoms with E-state index in [-0.39, 0.29) is 11.3 Å². The van der Waals surface area contributed by atoms with Crippen LogP contribution in [-0.2, 0) is 14.3 Å². The number of aliphatic hydroxyl groups excluding tert-OH is 1. The van der Waals surface area contributed by atoms with E-state index in [1.54, 1.807) is 29.4 Å². The Morgan fingerprint density at radius 3 is 2.44 bits per heavy atom. The Labute approximate surface area is 212 Å². The minimum atomic E-state index is -0.669. The van der Waals surface area contributed by atoms with Crippen LogP contribution in [0, 0.1) is 0 Å². The van der Waals surface area contributed by atoms with Crippen molar-refractivity contribution in [1.29, 1.82) is 0 Å². The number of likely N-dealkylation sites (tertiary alicyclic amines) is 1. The number of ether oxygens (including phenoxy) is 2. The fraction of sp³-hybridized carbons (Fsp3) is 0.464. The number of amides is 1. The Morgan fingerprint density at radius 1 is 1.03 bits per heavy atom. The maximum atomic E-state index is 13.2. The molecule has 192 valence electrons. The second kappa shape index (κ2) is 12.6. The van der Waals surface area contributed by atoms with Crippen molar-refractivity contribution in [3.8, 4) is 5.75 Å². The standard InChI is InChI=1S/C28H35N3O5/c1-2-3-4-18-36-23-8-6-21(7-9-23)25-24(26(32)22-10-12-29-13-11-22)27(33)28(34)31(25)15-5-14-30-16-19-35-20-17-30/h6-13,25,32H,2-5,14-20H2,1H3/b26-24+. The van der Waals surface area contributed by atoms with Crippen LogP contribution in [0.15, 0.2) is 54.4 Å². The summed E-state index contributed by atoms with van der Waals surface area (Å²) < 4.78 is 11.3. The predicted octanol–water partition coefficient (Wildman–Crippen LogP) is 3.79. The average molecular weight is 494 g/mol. The lowest BCUT2D eigenvalue weighted by Gasteiger charge is -2.29. The molecule has 0 radical (unpaired) electrons. The van der Waals surface area contributed by atoms with Gasteiger partial charge in [0.25, 0.3) is 11.7 Å². The number of rotatable bonds is 11. The molecule has 1 atom stereocenters. The Bertz CT molecular complexity index is 1050. The fourth-order valence-electron chi connectivity index (χ4n) is 4.70. The molecule has 1 aromatic carbocycles. The van der Waals surface area contributed by atoms with E-state index in [0.717, 1.165) is 56.6 Å². The van der Waals surface area contributed by atoms with E-state index < -0.39 is 17.7 Å². The first-order valence-corrected chi connectivity index (χ1v) is 12.8. The molecule has 1 unspecified atom stereocenters. The average Bonchev–Trinajstić information content (AvgIpc) is 3.17. The molecule has 2 aromatic rings. The maximum absolute atomic E-state index is 13.2. The first-order valence-electron chi connectivity index (χ1n) is 12.8. The van der Waals surface area contributed by atoms with Crippen LogP contribution >= 0.6 is 0 Å². The van der Waals surface area contributed by atoms with Crippen molar-refractivity contribution < 1.29 is 24.2 Å². The Balaban J connectivity index is 1.58. The molecule has 2 aliphatic rings. The number of hydrogen-bond acceptors (Lipinski definition) is 7. The summed E-state index contributed by atoms with van der Waals surface area (Å²) in [5.74, 6) is -0.692. The summed E-state index contributed by atoms with van der Waals surface area (Å²) in [6, 6.07) is 10.1. The van der Waals surface area contributed by atoms with Crippen molar-refractivity contribution in [2.24, 2.45) is 0 Å². The summed E-state index contributed by atoms with van der Waals surface area (Å²) >= 11 is 0. The topological polar surface area (TPSA) is 92.2 Å². The third-order valence-corrected chi connectivity index (χ3v) is 6.68. The lowest BCUT2D eigenvalue weighted by molar-refractivity contribution is -0.140. The van der Waals surface area contributed by atoms with Gasteiger partial charge in [0.15, 0.2) is 0 Å². The number of aromatic nitrogens is 1. The van der Waals surface area contributed by atoms with E-state index in [2.05, 4.69) is 16.8 Å². The molecular weight excluding hydrogens is 458 g/mol. The molecule has 0 aliphatic carbocycles. The number of ketones is 1. The third kappa shape index (κ3) is 6.12. The summed E-state index contributed by atoms with van der Waals surface area (Å²) in [5.41, 5.74) is 1.32. The molecule has 0 saturated carbocycles. The van der Waals surface area contributed by atoms with E-state index >= 15 is 0 Å². The molecule has 1 N–H and O–H groups in total. The number of Topliss-reactive ketones (excluding diaryl/α,β-unsaturated/α-hetero) is 1. The van der Waals surface area contributed by atoms with Gasteiger partial charge in [-0.3, -0.25) is 19.5 Å². The fourth-order valence-corrected chi connectivity index (χ4v) is 4.70. The van der Waals surface area contributed by atoms with Gasteiger partial charge < -0.3 is 19.5 Å². The largest absolute Gasteiger partial charge is 0.507 e. The molecule has 2 saturated heterocycles. The monoisotopic (exact) mass is 493 g/mol. The molecule has 2 aliphatic heterocycles. The lowest BCUT2D eigenvalue weighted by atomic mass is 9.95. The number of morpholine rings is 1. The smallest absolute Gasteiger partial charge is 0.295 e. The summed E-state index contributed by atoms with van der Waals surface area (Å²) in [6.07, 6.45) is 7.06. The van der Waals surface area contributed by atoms with Crippen LogP contribution in [0.1, 0.15) is 49.8 Å². The molecule has 8 heteroatoms. The van der Waals surface area contributed by atoms with Crippen LogP contribution in [0.4, 0.5) is 0 Å². The zero-order valence-electron chi connectivity index (χ0n) is 20.9. The number of carbonyl (C=O) groups excluding carboxylic acids is 2. The highest BCUT2D eigenvalue weighted by atomic mass is 16.5. The Morgan fingerprint density at radius 2 is 1.75 bits per heavy atom. The number of aliphatic hydroxyl groups is 1. The summed E-state index contributed by atoms with van der Waals surface area (Å²) in [5, 5.41) is 11.1. The van der Waals surface area contributed by atoms with Gasteiger partial charge in [-0.25, -0.2) is 0 Å². The van der Waals surface area contributed by atoms with Gasteiger partial charge in [-0.2, -0.15) is 0 Å². The zero-order chi connectivity index (χ0) is 25.3. The first-order chi connectivity index (χ1) is 17.6. The second-order valence-corrected chi connectivity index (χ2v) is 9.16. The third-order valence-electron chi connectivity index (χ3n) is 6.68. The quantitative estimate of drug-likeness (QED) is 0.220. The van der Waals surface area contributed by atoms with E-state index in [0.29, 0.717) is 31.9 Å². The first kappa shape index (κ1) is 25.9. The van der Waals surface area contributed by atoms with Gasteiger partial charge in [0, 0.05) is 44.1 Å². The highest BCUT2D eigenvalue weighted by molar-refractivity contribution is 6.46. The Kier molecular flexibility index (Phi) is 9.08. The molecule has 1 aromatic heterocycles. The van der Waals surface area contributed by atoms with Crippen LogP contribution in [-0.4, -0.2) is 77.6 Å². The molecule has 2 fully saturated rings. The van der Waals surface area contributed by atoms with Crippen LogP contribution in [0.25, 0.3) is 5.76 Å². The minimum Gasteiger partial charge on any atom is -0.507 e. The summed E-state index contributed by atoms with van der Waals surface area (Å²) in [7, 11) is 0. The normalized spacial score (nSPS) is 20.1. The summed E-state index contributed by atoms with van der Waals surface area (Å²) in [6.45, 7) is 7.18. The van der Waals surface area contributed by atoms with E-state index in [4.69, 9.17) is 9.47 Å². The van der Waals surface area contributed by atoms with Crippen molar-refractivity contribution in [2.45, 2.75) is 38.6 Å². The SMILES string of the molecule is CCCCCOc1ccc(C2/C(=C(\O)c3ccncc3)C(=O)C(=O)N2CCCN2CCOCC2)cc1. The number of carbonyl (C=O) groups is 2. The number of hydrogen-bond donors (Lipinski definition) is 1. The van der Waals surface area contributed by atoms with E-state index in [9.17, 15) is 14.7 Å². The molecule has 4 rings (SSSR count). The van der Waals surface area contributed by atoms with Crippen LogP contribution in [0.2, 0.25) is 0 Å². The van der Waals surface area contributed by atoms with Crippen LogP contribution in [0.3, 0.4) is 0 Å². The zero-order valence-corrected chi connectivity index (χ0v) is 20.9. The van der Waals surface area contributed by atoms with Gasteiger partial charge >= 0.3 is 0 Å². The van der Waals surface area contributed by atoms with Crippen LogP contribution < -0.4 is 4.74 Å². The maximum Gasteiger partial charge on any atom is 0.295 e. The van der Waals surface area contributed by atoms with Crippen molar-refractivity contribution in [3.63, 3.8) is 0 Å². The van der Waals surface area contributed by atoms with Gasteiger partial charge in [0.2, 0.25) is 0 Å². The predicted molar refractivity (Wildman–Crippen MR) is 137 cm³/mol. The number of unbranched alkanes of at least 4 members (excludes halogenated alkanes) is 2. The Hall–Kier alpha value is -3.23. The van der Waals surface area contributed by atoms with Crippen molar-refractivity contribution in [2.75, 3.05) is 46.0 Å². The highest BCUT2D eigenvalue weighted by Crippen LogP contribution is 2.39. The van der Waals surface area contributed by atoms with Crippen molar-refractivity contribution >= 4 is 17.4 Å². The van der Waals surface area contributed by atoms with Gasteiger partial charge in [0.1, 0.15) is 11.5 Å². The number of pyridine rings is 1. The summed E-state index contributed by atoms with van der Waals surface area (Å²) in [4.78, 5) is 34.2. The lowest BCUT2D eigenvalue weighted by Crippen LogP contribution is -2.38. The minimum absolute atomic E-state index is 0.106. The number of benzene rings is 1. The molecule has 0 bridgehead atoms. The highest BCUT2D eigenvalue weighted by Gasteiger charge is 2.45. The molecular formula is C28H35N3O5. The molecule has 1 amide bonds. The van der Waals surface area contributed by atoms with Gasteiger partial charge in [-0.15, -0.1) is 0 Å². The molecule has 8 nitrogen and oxygen atoms in total. The van der Waals surface area contributed by atoms with Crippen molar-refractivity contribution in [1.82, 2.24) is 14.8 Å². The number of nitrogens with zero attached hydrogens (tertiary/aromatic N) is 3. The second-order valence-electron chi connectivity index (χ2n) is 9.16. The van der Waals surface area contributed by atoms with Crippen LogP contribution in [0.5, 0.6) is 5.75 Å². The van der Waals surface area contributed by atoms with E-state index in [1.807, 2.05) is 24.3 Å². The molecule has 3 heterocycles. The van der Waals surface area contributed by atoms with Crippen molar-refractivity contribution in [3.05, 3.63) is 65.5 Å². The molecule has 36 heavy (non-hydrogen) atoms. The molecule has 0 spiro atoms. The van der Waals surface area contributed by atoms with Gasteiger partial charge in [-0.05, 0) is 42.7 Å². The van der Waals surface area contributed by atoms with Gasteiger partial charge in [0.05, 0.1) is 31.4 Å². The van der Waals surface area contributed by atoms with Gasteiger partial charge in [-0.1, -0.05) is 31.9 Å².